The summed E-state index contributed by atoms with van der Waals surface area (Å²) in [5, 5.41) is 14.7. The lowest BCUT2D eigenvalue weighted by atomic mass is 9.95. The lowest BCUT2D eigenvalue weighted by Gasteiger charge is -2.33. The molecule has 4 nitrogen and oxygen atoms in total. The number of hydrogen-bond acceptors (Lipinski definition) is 5. The Hall–Kier alpha value is -1.56. The maximum atomic E-state index is 10.5. The second-order valence-electron chi connectivity index (χ2n) is 5.18. The second-order valence-corrected chi connectivity index (χ2v) is 5.96. The molecule has 2 heterocycles. The number of hydrogen-bond donors (Lipinski definition) is 1. The topological polar surface area (TPSA) is 41.9 Å². The highest BCUT2D eigenvalue weighted by Gasteiger charge is 2.29. The fourth-order valence-electron chi connectivity index (χ4n) is 2.91. The molecule has 1 aromatic carbocycles. The molecular weight excluding hydrogens is 286 g/mol. The van der Waals surface area contributed by atoms with E-state index in [9.17, 15) is 5.11 Å². The minimum Gasteiger partial charge on any atom is -0.496 e. The molecule has 1 aliphatic heterocycles. The summed E-state index contributed by atoms with van der Waals surface area (Å²) in [5.74, 6) is 1.54. The molecule has 1 aromatic heterocycles. The van der Waals surface area contributed by atoms with Crippen LogP contribution in [0.3, 0.4) is 0 Å². The van der Waals surface area contributed by atoms with Gasteiger partial charge in [-0.2, -0.15) is 11.3 Å². The Labute approximate surface area is 128 Å². The third-order valence-corrected chi connectivity index (χ3v) is 4.58. The third kappa shape index (κ3) is 2.77. The number of nitrogens with zero attached hydrogens (tertiary/aromatic N) is 1. The van der Waals surface area contributed by atoms with Crippen molar-refractivity contribution in [2.75, 3.05) is 20.8 Å². The van der Waals surface area contributed by atoms with Gasteiger partial charge in [-0.15, -0.1) is 0 Å². The van der Waals surface area contributed by atoms with Crippen LogP contribution in [0, 0.1) is 0 Å². The first-order valence-electron chi connectivity index (χ1n) is 6.88. The van der Waals surface area contributed by atoms with Crippen molar-refractivity contribution in [2.24, 2.45) is 0 Å². The van der Waals surface area contributed by atoms with Gasteiger partial charge in [0.05, 0.1) is 20.3 Å². The van der Waals surface area contributed by atoms with Gasteiger partial charge in [0.15, 0.2) is 0 Å². The molecule has 0 saturated heterocycles. The Morgan fingerprint density at radius 1 is 1.24 bits per heavy atom. The second kappa shape index (κ2) is 6.05. The van der Waals surface area contributed by atoms with Crippen molar-refractivity contribution in [1.29, 1.82) is 0 Å². The molecule has 0 saturated carbocycles. The van der Waals surface area contributed by atoms with Gasteiger partial charge in [-0.05, 0) is 34.5 Å². The number of thiophene rings is 1. The summed E-state index contributed by atoms with van der Waals surface area (Å²) in [6.45, 7) is 2.19. The molecule has 0 bridgehead atoms. The van der Waals surface area contributed by atoms with Crippen LogP contribution in [-0.2, 0) is 13.1 Å². The summed E-state index contributed by atoms with van der Waals surface area (Å²) in [6.07, 6.45) is -0.558. The third-order valence-electron chi connectivity index (χ3n) is 3.85. The van der Waals surface area contributed by atoms with E-state index in [4.69, 9.17) is 9.47 Å². The molecule has 0 fully saturated rings. The van der Waals surface area contributed by atoms with E-state index in [1.54, 1.807) is 25.6 Å². The van der Waals surface area contributed by atoms with Gasteiger partial charge in [-0.1, -0.05) is 0 Å². The lowest BCUT2D eigenvalue weighted by molar-refractivity contribution is 0.0844. The van der Waals surface area contributed by atoms with Crippen LogP contribution in [0.15, 0.2) is 29.0 Å². The highest BCUT2D eigenvalue weighted by Crippen LogP contribution is 2.39. The average Bonchev–Trinajstić information content (AvgIpc) is 2.99. The van der Waals surface area contributed by atoms with Crippen LogP contribution in [-0.4, -0.2) is 30.8 Å². The van der Waals surface area contributed by atoms with Gasteiger partial charge < -0.3 is 14.6 Å². The van der Waals surface area contributed by atoms with Gasteiger partial charge in [0.2, 0.25) is 0 Å². The Morgan fingerprint density at radius 3 is 2.67 bits per heavy atom. The summed E-state index contributed by atoms with van der Waals surface area (Å²) in [6, 6.07) is 5.88. The highest BCUT2D eigenvalue weighted by molar-refractivity contribution is 7.07. The summed E-state index contributed by atoms with van der Waals surface area (Å²) >= 11 is 1.69. The van der Waals surface area contributed by atoms with Gasteiger partial charge in [-0.25, -0.2) is 0 Å². The van der Waals surface area contributed by atoms with Crippen LogP contribution in [0.2, 0.25) is 0 Å². The van der Waals surface area contributed by atoms with Gasteiger partial charge in [0.25, 0.3) is 0 Å². The summed E-state index contributed by atoms with van der Waals surface area (Å²) < 4.78 is 10.8. The first kappa shape index (κ1) is 14.4. The van der Waals surface area contributed by atoms with E-state index in [1.807, 2.05) is 12.1 Å². The summed E-state index contributed by atoms with van der Waals surface area (Å²) in [4.78, 5) is 2.23. The molecule has 1 aliphatic rings. The van der Waals surface area contributed by atoms with Crippen molar-refractivity contribution in [3.8, 4) is 11.5 Å². The Bertz CT molecular complexity index is 612. The van der Waals surface area contributed by atoms with Crippen molar-refractivity contribution < 1.29 is 14.6 Å². The molecule has 1 atom stereocenters. The van der Waals surface area contributed by atoms with Crippen molar-refractivity contribution >= 4 is 11.3 Å². The smallest absolute Gasteiger partial charge is 0.125 e. The first-order valence-corrected chi connectivity index (χ1v) is 7.82. The number of aliphatic hydroxyl groups excluding tert-OH is 1. The van der Waals surface area contributed by atoms with Crippen molar-refractivity contribution in [2.45, 2.75) is 19.2 Å². The molecule has 1 unspecified atom stereocenters. The van der Waals surface area contributed by atoms with Crippen molar-refractivity contribution in [1.82, 2.24) is 4.90 Å². The molecule has 0 radical (unpaired) electrons. The number of methoxy groups -OCH3 is 2. The molecule has 0 aliphatic carbocycles. The first-order chi connectivity index (χ1) is 10.2. The zero-order valence-electron chi connectivity index (χ0n) is 12.2. The predicted octanol–water partition coefficient (Wildman–Crippen LogP) is 2.81. The summed E-state index contributed by atoms with van der Waals surface area (Å²) in [5.41, 5.74) is 3.15. The van der Waals surface area contributed by atoms with Gasteiger partial charge in [0.1, 0.15) is 11.5 Å². The predicted molar refractivity (Wildman–Crippen MR) is 82.9 cm³/mol. The maximum absolute atomic E-state index is 10.5. The normalized spacial score (nSPS) is 18.3. The standard InChI is InChI=1S/C16H19NO3S/c1-19-14-3-4-15(20-2)16-12(14)8-17(9-13(16)18)7-11-5-6-21-10-11/h3-6,10,13,18H,7-9H2,1-2H3. The molecule has 5 heteroatoms. The van der Waals surface area contributed by atoms with Crippen LogP contribution in [0.5, 0.6) is 11.5 Å². The van der Waals surface area contributed by atoms with E-state index >= 15 is 0 Å². The molecule has 21 heavy (non-hydrogen) atoms. The largest absolute Gasteiger partial charge is 0.496 e. The minimum absolute atomic E-state index is 0.558. The lowest BCUT2D eigenvalue weighted by Crippen LogP contribution is -2.33. The fourth-order valence-corrected chi connectivity index (χ4v) is 3.57. The van der Waals surface area contributed by atoms with E-state index in [-0.39, 0.29) is 0 Å². The summed E-state index contributed by atoms with van der Waals surface area (Å²) in [7, 11) is 3.29. The van der Waals surface area contributed by atoms with Crippen LogP contribution in [0.4, 0.5) is 0 Å². The minimum atomic E-state index is -0.558. The van der Waals surface area contributed by atoms with E-state index < -0.39 is 6.10 Å². The van der Waals surface area contributed by atoms with Crippen LogP contribution >= 0.6 is 11.3 Å². The fraction of sp³-hybridized carbons (Fsp3) is 0.375. The van der Waals surface area contributed by atoms with Gasteiger partial charge in [0, 0.05) is 30.8 Å². The number of β-amino-alcohol motifs (C(OH)–C–C–N with tert-alkyl or cyclic N) is 1. The number of rotatable bonds is 4. The van der Waals surface area contributed by atoms with E-state index in [0.717, 1.165) is 35.7 Å². The zero-order chi connectivity index (χ0) is 14.8. The Kier molecular flexibility index (Phi) is 4.14. The van der Waals surface area contributed by atoms with E-state index in [1.165, 1.54) is 5.56 Å². The Morgan fingerprint density at radius 2 is 2.00 bits per heavy atom. The van der Waals surface area contributed by atoms with E-state index in [0.29, 0.717) is 6.54 Å². The SMILES string of the molecule is COc1ccc(OC)c2c1CN(Cc1ccsc1)CC2O. The van der Waals surface area contributed by atoms with Crippen molar-refractivity contribution in [3.63, 3.8) is 0 Å². The Balaban J connectivity index is 1.92. The molecule has 2 aromatic rings. The molecule has 3 rings (SSSR count). The highest BCUT2D eigenvalue weighted by atomic mass is 32.1. The quantitative estimate of drug-likeness (QED) is 0.943. The molecule has 112 valence electrons. The molecule has 0 spiro atoms. The zero-order valence-corrected chi connectivity index (χ0v) is 13.0. The van der Waals surface area contributed by atoms with Crippen molar-refractivity contribution in [3.05, 3.63) is 45.6 Å². The molecule has 0 amide bonds. The van der Waals surface area contributed by atoms with Crippen LogP contribution < -0.4 is 9.47 Å². The van der Waals surface area contributed by atoms with Crippen LogP contribution in [0.1, 0.15) is 22.8 Å². The number of fused-ring (bicyclic) bond motifs is 1. The monoisotopic (exact) mass is 305 g/mol. The van der Waals surface area contributed by atoms with Gasteiger partial charge >= 0.3 is 0 Å². The maximum Gasteiger partial charge on any atom is 0.125 e. The number of aliphatic hydroxyl groups is 1. The van der Waals surface area contributed by atoms with Gasteiger partial charge in [-0.3, -0.25) is 4.90 Å². The van der Waals surface area contributed by atoms with E-state index in [2.05, 4.69) is 21.7 Å². The molecule has 1 N–H and O–H groups in total. The molecular formula is C16H19NO3S. The number of ether oxygens (including phenoxy) is 2. The number of benzene rings is 1. The average molecular weight is 305 g/mol. The van der Waals surface area contributed by atoms with Crippen LogP contribution in [0.25, 0.3) is 0 Å².